The number of aryl methyl sites for hydroxylation is 1. The quantitative estimate of drug-likeness (QED) is 0.782. The van der Waals surface area contributed by atoms with Crippen LogP contribution in [-0.2, 0) is 14.8 Å². The zero-order chi connectivity index (χ0) is 15.3. The molecule has 0 saturated carbocycles. The van der Waals surface area contributed by atoms with Gasteiger partial charge >= 0.3 is 0 Å². The summed E-state index contributed by atoms with van der Waals surface area (Å²) in [5.41, 5.74) is 1.07. The zero-order valence-electron chi connectivity index (χ0n) is 12.1. The molecule has 0 aliphatic carbocycles. The van der Waals surface area contributed by atoms with Gasteiger partial charge in [0.15, 0.2) is 0 Å². The Balaban J connectivity index is 3.07. The molecule has 20 heavy (non-hydrogen) atoms. The van der Waals surface area contributed by atoms with Crippen LogP contribution >= 0.6 is 0 Å². The van der Waals surface area contributed by atoms with E-state index in [1.54, 1.807) is 20.1 Å². The predicted octanol–water partition coefficient (Wildman–Crippen LogP) is 0.622. The van der Waals surface area contributed by atoms with Crippen molar-refractivity contribution in [3.05, 3.63) is 29.3 Å². The molecule has 0 atom stereocenters. The monoisotopic (exact) mass is 300 g/mol. The van der Waals surface area contributed by atoms with Gasteiger partial charge in [0, 0.05) is 33.3 Å². The maximum Gasteiger partial charge on any atom is 0.251 e. The summed E-state index contributed by atoms with van der Waals surface area (Å²) in [5, 5.41) is 2.68. The predicted molar refractivity (Wildman–Crippen MR) is 76.3 cm³/mol. The summed E-state index contributed by atoms with van der Waals surface area (Å²) >= 11 is 0. The highest BCUT2D eigenvalue weighted by Crippen LogP contribution is 2.18. The highest BCUT2D eigenvalue weighted by Gasteiger charge is 2.19. The number of benzene rings is 1. The smallest absolute Gasteiger partial charge is 0.251 e. The van der Waals surface area contributed by atoms with Crippen molar-refractivity contribution >= 4 is 15.9 Å². The molecule has 0 bridgehead atoms. The first-order valence-corrected chi connectivity index (χ1v) is 7.55. The van der Waals surface area contributed by atoms with Gasteiger partial charge in [0.25, 0.3) is 5.91 Å². The maximum absolute atomic E-state index is 12.1. The van der Waals surface area contributed by atoms with E-state index in [1.165, 1.54) is 26.2 Å². The molecule has 1 aromatic rings. The van der Waals surface area contributed by atoms with Crippen molar-refractivity contribution < 1.29 is 17.9 Å². The van der Waals surface area contributed by atoms with Gasteiger partial charge in [0.2, 0.25) is 10.0 Å². The lowest BCUT2D eigenvalue weighted by Gasteiger charge is -2.13. The molecule has 1 N–H and O–H groups in total. The van der Waals surface area contributed by atoms with Crippen LogP contribution in [0.3, 0.4) is 0 Å². The van der Waals surface area contributed by atoms with Gasteiger partial charge < -0.3 is 10.1 Å². The average molecular weight is 300 g/mol. The lowest BCUT2D eigenvalue weighted by Crippen LogP contribution is -2.28. The first kappa shape index (κ1) is 16.6. The first-order chi connectivity index (χ1) is 9.30. The topological polar surface area (TPSA) is 75.7 Å². The number of hydrogen-bond acceptors (Lipinski definition) is 4. The minimum Gasteiger partial charge on any atom is -0.383 e. The fourth-order valence-corrected chi connectivity index (χ4v) is 2.51. The number of rotatable bonds is 6. The molecule has 0 aliphatic rings. The Labute approximate surface area is 119 Å². The van der Waals surface area contributed by atoms with Gasteiger partial charge in [-0.3, -0.25) is 4.79 Å². The first-order valence-electron chi connectivity index (χ1n) is 6.11. The van der Waals surface area contributed by atoms with Crippen LogP contribution in [0.25, 0.3) is 0 Å². The van der Waals surface area contributed by atoms with Crippen molar-refractivity contribution in [3.63, 3.8) is 0 Å². The molecule has 112 valence electrons. The molecule has 0 aliphatic heterocycles. The third kappa shape index (κ3) is 3.78. The van der Waals surface area contributed by atoms with Crippen LogP contribution in [0.4, 0.5) is 0 Å². The van der Waals surface area contributed by atoms with Crippen molar-refractivity contribution in [1.29, 1.82) is 0 Å². The molecule has 0 saturated heterocycles. The summed E-state index contributed by atoms with van der Waals surface area (Å²) in [4.78, 5) is 12.1. The second-order valence-corrected chi connectivity index (χ2v) is 6.66. The third-order valence-electron chi connectivity index (χ3n) is 2.82. The molecule has 0 spiro atoms. The van der Waals surface area contributed by atoms with Crippen LogP contribution in [0.2, 0.25) is 0 Å². The SMILES string of the molecule is COCCNC(=O)c1cc(S(=O)(=O)N(C)C)ccc1C. The van der Waals surface area contributed by atoms with Gasteiger partial charge in [-0.15, -0.1) is 0 Å². The molecule has 1 aromatic carbocycles. The Hall–Kier alpha value is -1.44. The van der Waals surface area contributed by atoms with Crippen LogP contribution in [0.5, 0.6) is 0 Å². The average Bonchev–Trinajstić information content (AvgIpc) is 2.38. The van der Waals surface area contributed by atoms with Crippen molar-refractivity contribution in [1.82, 2.24) is 9.62 Å². The number of carbonyl (C=O) groups is 1. The van der Waals surface area contributed by atoms with Crippen molar-refractivity contribution in [2.45, 2.75) is 11.8 Å². The number of nitrogens with zero attached hydrogens (tertiary/aromatic N) is 1. The van der Waals surface area contributed by atoms with E-state index in [4.69, 9.17) is 4.74 Å². The molecular weight excluding hydrogens is 280 g/mol. The highest BCUT2D eigenvalue weighted by molar-refractivity contribution is 7.89. The molecule has 1 amide bonds. The second-order valence-electron chi connectivity index (χ2n) is 4.51. The van der Waals surface area contributed by atoms with Crippen molar-refractivity contribution in [2.75, 3.05) is 34.4 Å². The van der Waals surface area contributed by atoms with E-state index >= 15 is 0 Å². The van der Waals surface area contributed by atoms with Gasteiger partial charge in [-0.25, -0.2) is 12.7 Å². The number of amides is 1. The van der Waals surface area contributed by atoms with Gasteiger partial charge in [0.1, 0.15) is 0 Å². The summed E-state index contributed by atoms with van der Waals surface area (Å²) in [6.07, 6.45) is 0. The maximum atomic E-state index is 12.1. The second kappa shape index (κ2) is 6.83. The summed E-state index contributed by atoms with van der Waals surface area (Å²) in [6.45, 7) is 2.54. The zero-order valence-corrected chi connectivity index (χ0v) is 13.0. The molecule has 0 fully saturated rings. The summed E-state index contributed by atoms with van der Waals surface area (Å²) in [5.74, 6) is -0.310. The minimum absolute atomic E-state index is 0.102. The van der Waals surface area contributed by atoms with E-state index < -0.39 is 10.0 Å². The largest absolute Gasteiger partial charge is 0.383 e. The number of nitrogens with one attached hydrogen (secondary N) is 1. The molecule has 0 radical (unpaired) electrons. The van der Waals surface area contributed by atoms with E-state index in [2.05, 4.69) is 5.32 Å². The van der Waals surface area contributed by atoms with Crippen molar-refractivity contribution in [3.8, 4) is 0 Å². The number of methoxy groups -OCH3 is 1. The van der Waals surface area contributed by atoms with E-state index in [1.807, 2.05) is 0 Å². The van der Waals surface area contributed by atoms with Gasteiger partial charge in [-0.2, -0.15) is 0 Å². The van der Waals surface area contributed by atoms with Crippen LogP contribution in [-0.4, -0.2) is 53.0 Å². The Morgan fingerprint density at radius 3 is 2.55 bits per heavy atom. The van der Waals surface area contributed by atoms with Gasteiger partial charge in [-0.05, 0) is 24.6 Å². The van der Waals surface area contributed by atoms with Crippen LogP contribution in [0.15, 0.2) is 23.1 Å². The van der Waals surface area contributed by atoms with E-state index in [0.717, 1.165) is 9.87 Å². The van der Waals surface area contributed by atoms with Crippen LogP contribution in [0.1, 0.15) is 15.9 Å². The third-order valence-corrected chi connectivity index (χ3v) is 4.64. The normalized spacial score (nSPS) is 11.7. The lowest BCUT2D eigenvalue weighted by atomic mass is 10.1. The fraction of sp³-hybridized carbons (Fsp3) is 0.462. The number of hydrogen-bond donors (Lipinski definition) is 1. The fourth-order valence-electron chi connectivity index (χ4n) is 1.58. The minimum atomic E-state index is -3.55. The standard InChI is InChI=1S/C13H20N2O4S/c1-10-5-6-11(20(17,18)15(2)3)9-12(10)13(16)14-7-8-19-4/h5-6,9H,7-8H2,1-4H3,(H,14,16). The van der Waals surface area contributed by atoms with E-state index in [-0.39, 0.29) is 10.8 Å². The number of carbonyl (C=O) groups excluding carboxylic acids is 1. The Morgan fingerprint density at radius 2 is 2.00 bits per heavy atom. The molecule has 0 heterocycles. The van der Waals surface area contributed by atoms with Crippen LogP contribution < -0.4 is 5.32 Å². The van der Waals surface area contributed by atoms with Gasteiger partial charge in [-0.1, -0.05) is 6.07 Å². The highest BCUT2D eigenvalue weighted by atomic mass is 32.2. The molecule has 1 rings (SSSR count). The number of sulfonamides is 1. The van der Waals surface area contributed by atoms with E-state index in [0.29, 0.717) is 18.7 Å². The lowest BCUT2D eigenvalue weighted by molar-refractivity contribution is 0.0936. The molecule has 0 unspecified atom stereocenters. The van der Waals surface area contributed by atoms with Crippen LogP contribution in [0, 0.1) is 6.92 Å². The van der Waals surface area contributed by atoms with E-state index in [9.17, 15) is 13.2 Å². The molecule has 0 aromatic heterocycles. The Bertz CT molecular complexity index is 582. The van der Waals surface area contributed by atoms with Crippen molar-refractivity contribution in [2.24, 2.45) is 0 Å². The number of ether oxygens (including phenoxy) is 1. The Morgan fingerprint density at radius 1 is 1.35 bits per heavy atom. The molecular formula is C13H20N2O4S. The summed E-state index contributed by atoms with van der Waals surface area (Å²) < 4.78 is 30.1. The molecule has 6 nitrogen and oxygen atoms in total. The Kier molecular flexibility index (Phi) is 5.67. The molecule has 7 heteroatoms. The van der Waals surface area contributed by atoms with Gasteiger partial charge in [0.05, 0.1) is 11.5 Å². The summed E-state index contributed by atoms with van der Waals surface area (Å²) in [6, 6.07) is 4.52. The summed E-state index contributed by atoms with van der Waals surface area (Å²) in [7, 11) is 0.901.